The minimum Gasteiger partial charge on any atom is -0.325 e. The second kappa shape index (κ2) is 1.96. The van der Waals surface area contributed by atoms with Gasteiger partial charge < -0.3 is 5.73 Å². The van der Waals surface area contributed by atoms with E-state index in [1.54, 1.807) is 0 Å². The van der Waals surface area contributed by atoms with Gasteiger partial charge in [-0.15, -0.1) is 0 Å². The predicted molar refractivity (Wildman–Crippen MR) is 31.2 cm³/mol. The maximum atomic E-state index is 5.28. The quantitative estimate of drug-likeness (QED) is 0.543. The lowest BCUT2D eigenvalue weighted by molar-refractivity contribution is 0.939. The molecule has 0 bridgehead atoms. The highest BCUT2D eigenvalue weighted by Crippen LogP contribution is 1.93. The third-order valence-corrected chi connectivity index (χ3v) is 0.968. The van der Waals surface area contributed by atoms with E-state index in [1.807, 2.05) is 13.0 Å². The van der Waals surface area contributed by atoms with Crippen LogP contribution in [0.3, 0.4) is 0 Å². The van der Waals surface area contributed by atoms with Gasteiger partial charge in [0.2, 0.25) is 0 Å². The molecule has 1 aromatic heterocycles. The van der Waals surface area contributed by atoms with Gasteiger partial charge in [-0.2, -0.15) is 5.10 Å². The summed E-state index contributed by atoms with van der Waals surface area (Å²) in [5.74, 6) is 0. The Hall–Kier alpha value is -0.830. The van der Waals surface area contributed by atoms with Gasteiger partial charge in [0.05, 0.1) is 5.69 Å². The summed E-state index contributed by atoms with van der Waals surface area (Å²) in [6, 6.07) is 1.93. The van der Waals surface area contributed by atoms with E-state index in [0.717, 1.165) is 11.4 Å². The van der Waals surface area contributed by atoms with Gasteiger partial charge in [0.15, 0.2) is 0 Å². The molecule has 0 saturated carbocycles. The molecule has 0 aliphatic heterocycles. The largest absolute Gasteiger partial charge is 0.325 e. The lowest BCUT2D eigenvalue weighted by atomic mass is 10.4. The van der Waals surface area contributed by atoms with Crippen molar-refractivity contribution in [3.63, 3.8) is 0 Å². The molecule has 3 nitrogen and oxygen atoms in total. The molecule has 1 rings (SSSR count). The van der Waals surface area contributed by atoms with E-state index in [-0.39, 0.29) is 0 Å². The molecule has 0 unspecified atom stereocenters. The lowest BCUT2D eigenvalue weighted by Gasteiger charge is -1.78. The number of H-pyrrole nitrogens is 1. The molecule has 0 atom stereocenters. The number of aromatic nitrogens is 2. The van der Waals surface area contributed by atoms with E-state index >= 15 is 0 Å². The molecule has 0 radical (unpaired) electrons. The Bertz CT molecular complexity index is 168. The highest BCUT2D eigenvalue weighted by Gasteiger charge is 1.90. The molecule has 3 N–H and O–H groups in total. The summed E-state index contributed by atoms with van der Waals surface area (Å²) < 4.78 is 0. The molecular formula is C5H9N3. The number of rotatable bonds is 1. The molecule has 0 fully saturated rings. The van der Waals surface area contributed by atoms with E-state index in [0.29, 0.717) is 6.54 Å². The number of aryl methyl sites for hydroxylation is 1. The van der Waals surface area contributed by atoms with Gasteiger partial charge in [-0.3, -0.25) is 5.10 Å². The predicted octanol–water partition coefficient (Wildman–Crippen LogP) is 0.177. The summed E-state index contributed by atoms with van der Waals surface area (Å²) in [6.07, 6.45) is 0. The molecule has 1 heterocycles. The molecule has 8 heavy (non-hydrogen) atoms. The molecule has 1 aromatic rings. The first-order valence-corrected chi connectivity index (χ1v) is 2.54. The maximum Gasteiger partial charge on any atom is 0.0760 e. The van der Waals surface area contributed by atoms with Crippen molar-refractivity contribution in [3.8, 4) is 0 Å². The van der Waals surface area contributed by atoms with E-state index in [2.05, 4.69) is 10.2 Å². The van der Waals surface area contributed by atoms with Crippen LogP contribution in [0, 0.1) is 6.92 Å². The van der Waals surface area contributed by atoms with Gasteiger partial charge in [-0.1, -0.05) is 0 Å². The maximum absolute atomic E-state index is 5.28. The topological polar surface area (TPSA) is 54.7 Å². The number of hydrogen-bond acceptors (Lipinski definition) is 2. The van der Waals surface area contributed by atoms with Crippen LogP contribution in [0.15, 0.2) is 6.07 Å². The Morgan fingerprint density at radius 2 is 2.62 bits per heavy atom. The zero-order chi connectivity index (χ0) is 5.98. The van der Waals surface area contributed by atoms with Crippen LogP contribution in [0.4, 0.5) is 0 Å². The Morgan fingerprint density at radius 3 is 2.88 bits per heavy atom. The second-order valence-corrected chi connectivity index (χ2v) is 1.75. The zero-order valence-corrected chi connectivity index (χ0v) is 4.81. The van der Waals surface area contributed by atoms with Crippen molar-refractivity contribution in [3.05, 3.63) is 17.5 Å². The number of aromatic amines is 1. The van der Waals surface area contributed by atoms with Gasteiger partial charge in [-0.05, 0) is 13.0 Å². The number of nitrogens with one attached hydrogen (secondary N) is 1. The van der Waals surface area contributed by atoms with Gasteiger partial charge >= 0.3 is 0 Å². The fraction of sp³-hybridized carbons (Fsp3) is 0.400. The average molecular weight is 111 g/mol. The fourth-order valence-electron chi connectivity index (χ4n) is 0.579. The highest BCUT2D eigenvalue weighted by molar-refractivity contribution is 5.05. The van der Waals surface area contributed by atoms with Crippen LogP contribution in [0.1, 0.15) is 11.4 Å². The number of nitrogens with zero attached hydrogens (tertiary/aromatic N) is 1. The summed E-state index contributed by atoms with van der Waals surface area (Å²) in [6.45, 7) is 2.47. The Kier molecular flexibility index (Phi) is 1.30. The first kappa shape index (κ1) is 5.31. The third kappa shape index (κ3) is 0.869. The standard InChI is InChI=1S/C5H9N3/c1-4-2-5(3-6)8-7-4/h2H,3,6H2,1H3,(H,7,8). The summed E-state index contributed by atoms with van der Waals surface area (Å²) in [5.41, 5.74) is 7.26. The van der Waals surface area contributed by atoms with E-state index in [1.165, 1.54) is 0 Å². The van der Waals surface area contributed by atoms with Crippen molar-refractivity contribution >= 4 is 0 Å². The molecule has 3 heteroatoms. The van der Waals surface area contributed by atoms with Gasteiger partial charge in [0, 0.05) is 12.2 Å². The summed E-state index contributed by atoms with van der Waals surface area (Å²) >= 11 is 0. The van der Waals surface area contributed by atoms with Crippen LogP contribution in [0.5, 0.6) is 0 Å². The van der Waals surface area contributed by atoms with Crippen molar-refractivity contribution in [1.29, 1.82) is 0 Å². The van der Waals surface area contributed by atoms with E-state index in [4.69, 9.17) is 5.73 Å². The Labute approximate surface area is 47.9 Å². The smallest absolute Gasteiger partial charge is 0.0760 e. The Balaban J connectivity index is 2.84. The van der Waals surface area contributed by atoms with E-state index < -0.39 is 0 Å². The van der Waals surface area contributed by atoms with Crippen molar-refractivity contribution in [2.45, 2.75) is 13.5 Å². The minimum atomic E-state index is 0.518. The van der Waals surface area contributed by atoms with Gasteiger partial charge in [0.1, 0.15) is 0 Å². The second-order valence-electron chi connectivity index (χ2n) is 1.75. The molecule has 0 aromatic carbocycles. The third-order valence-electron chi connectivity index (χ3n) is 0.968. The first-order valence-electron chi connectivity index (χ1n) is 2.54. The number of nitrogens with two attached hydrogens (primary N) is 1. The van der Waals surface area contributed by atoms with Crippen LogP contribution in [0.25, 0.3) is 0 Å². The monoisotopic (exact) mass is 111 g/mol. The van der Waals surface area contributed by atoms with Crippen molar-refractivity contribution in [2.24, 2.45) is 5.73 Å². The minimum absolute atomic E-state index is 0.518. The van der Waals surface area contributed by atoms with Crippen molar-refractivity contribution in [1.82, 2.24) is 10.2 Å². The first-order chi connectivity index (χ1) is 3.83. The van der Waals surface area contributed by atoms with Gasteiger partial charge in [-0.25, -0.2) is 0 Å². The summed E-state index contributed by atoms with van der Waals surface area (Å²) in [7, 11) is 0. The highest BCUT2D eigenvalue weighted by atomic mass is 15.1. The van der Waals surface area contributed by atoms with Gasteiger partial charge in [0.25, 0.3) is 0 Å². The van der Waals surface area contributed by atoms with Crippen molar-refractivity contribution < 1.29 is 0 Å². The molecule has 0 aliphatic rings. The molecule has 44 valence electrons. The van der Waals surface area contributed by atoms with Crippen LogP contribution in [-0.4, -0.2) is 10.2 Å². The Morgan fingerprint density at radius 1 is 1.88 bits per heavy atom. The van der Waals surface area contributed by atoms with Crippen molar-refractivity contribution in [2.75, 3.05) is 0 Å². The zero-order valence-electron chi connectivity index (χ0n) is 4.81. The van der Waals surface area contributed by atoms with Crippen LogP contribution in [0.2, 0.25) is 0 Å². The molecular weight excluding hydrogens is 102 g/mol. The number of hydrogen-bond donors (Lipinski definition) is 2. The molecule has 0 saturated heterocycles. The summed E-state index contributed by atoms with van der Waals surface area (Å²) in [5, 5.41) is 6.67. The SMILES string of the molecule is Cc1cc(CN)n[nH]1. The van der Waals surface area contributed by atoms with Crippen LogP contribution < -0.4 is 5.73 Å². The average Bonchev–Trinajstić information content (AvgIpc) is 2.14. The lowest BCUT2D eigenvalue weighted by Crippen LogP contribution is -1.95. The fourth-order valence-corrected chi connectivity index (χ4v) is 0.579. The van der Waals surface area contributed by atoms with Crippen LogP contribution >= 0.6 is 0 Å². The molecule has 0 aliphatic carbocycles. The normalized spacial score (nSPS) is 9.75. The molecule has 0 amide bonds. The van der Waals surface area contributed by atoms with E-state index in [9.17, 15) is 0 Å². The van der Waals surface area contributed by atoms with Crippen LogP contribution in [-0.2, 0) is 6.54 Å². The summed E-state index contributed by atoms with van der Waals surface area (Å²) in [4.78, 5) is 0. The molecule has 0 spiro atoms.